The van der Waals surface area contributed by atoms with Crippen LogP contribution in [0.5, 0.6) is 0 Å². The summed E-state index contributed by atoms with van der Waals surface area (Å²) < 4.78 is 0. The summed E-state index contributed by atoms with van der Waals surface area (Å²) in [6.45, 7) is 4.62. The predicted octanol–water partition coefficient (Wildman–Crippen LogP) is 6.33. The monoisotopic (exact) mass is 328 g/mol. The van der Waals surface area contributed by atoms with Crippen molar-refractivity contribution in [2.24, 2.45) is 5.92 Å². The Morgan fingerprint density at radius 2 is 1.46 bits per heavy atom. The molecule has 0 aromatic heterocycles. The summed E-state index contributed by atoms with van der Waals surface area (Å²) >= 11 is 0. The van der Waals surface area contributed by atoms with Crippen molar-refractivity contribution in [2.45, 2.75) is 46.0 Å². The molecule has 2 N–H and O–H groups in total. The molecule has 0 radical (unpaired) electrons. The van der Waals surface area contributed by atoms with Crippen LogP contribution in [-0.2, 0) is 6.42 Å². The van der Waals surface area contributed by atoms with Crippen LogP contribution >= 0.6 is 0 Å². The lowest BCUT2D eigenvalue weighted by atomic mass is 9.95. The van der Waals surface area contributed by atoms with Crippen molar-refractivity contribution in [3.63, 3.8) is 0 Å². The molecule has 0 aliphatic heterocycles. The third-order valence-electron chi connectivity index (χ3n) is 3.83. The molecule has 0 bridgehead atoms. The van der Waals surface area contributed by atoms with E-state index in [0.717, 1.165) is 5.92 Å². The van der Waals surface area contributed by atoms with Crippen LogP contribution in [0.1, 0.15) is 45.1 Å². The highest BCUT2D eigenvalue weighted by molar-refractivity contribution is 5.67. The molecule has 0 aliphatic rings. The second kappa shape index (κ2) is 11.3. The van der Waals surface area contributed by atoms with Gasteiger partial charge in [-0.2, -0.15) is 0 Å². The fraction of sp³-hybridized carbons (Fsp3) is 0.381. The van der Waals surface area contributed by atoms with Crippen molar-refractivity contribution < 1.29 is 15.0 Å². The molecule has 2 rings (SSSR count). The Morgan fingerprint density at radius 3 is 2.08 bits per heavy atom. The van der Waals surface area contributed by atoms with Crippen LogP contribution in [0.25, 0.3) is 11.1 Å². The number of hydrogen-bond donors (Lipinski definition) is 2. The number of unbranched alkanes of at least 4 members (excludes halogenated alkanes) is 2. The average molecular weight is 328 g/mol. The molecule has 0 spiro atoms. The maximum absolute atomic E-state index is 8.56. The Bertz CT molecular complexity index is 587. The third kappa shape index (κ3) is 8.37. The van der Waals surface area contributed by atoms with Crippen molar-refractivity contribution in [1.82, 2.24) is 0 Å². The van der Waals surface area contributed by atoms with Crippen LogP contribution in [0.4, 0.5) is 4.79 Å². The van der Waals surface area contributed by atoms with Gasteiger partial charge in [-0.05, 0) is 35.4 Å². The summed E-state index contributed by atoms with van der Waals surface area (Å²) in [4.78, 5) is 8.56. The van der Waals surface area contributed by atoms with Gasteiger partial charge in [0.15, 0.2) is 0 Å². The van der Waals surface area contributed by atoms with Gasteiger partial charge in [-0.15, -0.1) is 0 Å². The van der Waals surface area contributed by atoms with E-state index in [0.29, 0.717) is 0 Å². The van der Waals surface area contributed by atoms with E-state index in [1.807, 2.05) is 0 Å². The molecule has 3 nitrogen and oxygen atoms in total. The van der Waals surface area contributed by atoms with Gasteiger partial charge in [0.2, 0.25) is 0 Å². The van der Waals surface area contributed by atoms with E-state index < -0.39 is 6.16 Å². The van der Waals surface area contributed by atoms with E-state index in [2.05, 4.69) is 68.4 Å². The lowest BCUT2D eigenvalue weighted by Crippen LogP contribution is -1.92. The molecule has 0 amide bonds. The molecule has 0 aliphatic carbocycles. The molecule has 0 unspecified atom stereocenters. The van der Waals surface area contributed by atoms with Crippen molar-refractivity contribution in [1.29, 1.82) is 0 Å². The van der Waals surface area contributed by atoms with Gasteiger partial charge >= 0.3 is 6.16 Å². The average Bonchev–Trinajstić information content (AvgIpc) is 2.55. The van der Waals surface area contributed by atoms with E-state index in [4.69, 9.17) is 15.0 Å². The summed E-state index contributed by atoms with van der Waals surface area (Å²) in [6, 6.07) is 19.6. The Hall–Kier alpha value is -2.29. The number of aryl methyl sites for hydroxylation is 1. The summed E-state index contributed by atoms with van der Waals surface area (Å²) in [5.74, 6) is 0.839. The smallest absolute Gasteiger partial charge is 0.450 e. The summed E-state index contributed by atoms with van der Waals surface area (Å²) in [6.07, 6.45) is 4.74. The minimum absolute atomic E-state index is 0.839. The molecule has 24 heavy (non-hydrogen) atoms. The summed E-state index contributed by atoms with van der Waals surface area (Å²) in [5, 5.41) is 13.9. The zero-order valence-corrected chi connectivity index (χ0v) is 14.6. The zero-order valence-electron chi connectivity index (χ0n) is 14.6. The van der Waals surface area contributed by atoms with E-state index in [1.54, 1.807) is 0 Å². The molecule has 2 aromatic carbocycles. The maximum atomic E-state index is 8.56. The number of rotatable bonds is 7. The van der Waals surface area contributed by atoms with Gasteiger partial charge in [0.1, 0.15) is 0 Å². The summed E-state index contributed by atoms with van der Waals surface area (Å²) in [7, 11) is 0. The lowest BCUT2D eigenvalue weighted by molar-refractivity contribution is 0.137. The largest absolute Gasteiger partial charge is 0.503 e. The van der Waals surface area contributed by atoms with Gasteiger partial charge in [-0.25, -0.2) is 4.79 Å². The van der Waals surface area contributed by atoms with Crippen LogP contribution in [0.2, 0.25) is 0 Å². The highest BCUT2D eigenvalue weighted by Crippen LogP contribution is 2.25. The van der Waals surface area contributed by atoms with Crippen LogP contribution in [0.3, 0.4) is 0 Å². The zero-order chi connectivity index (χ0) is 17.8. The molecule has 130 valence electrons. The van der Waals surface area contributed by atoms with Crippen LogP contribution in [0, 0.1) is 5.92 Å². The lowest BCUT2D eigenvalue weighted by Gasteiger charge is -2.10. The van der Waals surface area contributed by atoms with E-state index in [9.17, 15) is 0 Å². The minimum atomic E-state index is -1.83. The number of carbonyl (C=O) groups is 1. The Kier molecular flexibility index (Phi) is 9.28. The van der Waals surface area contributed by atoms with Crippen molar-refractivity contribution in [3.8, 4) is 11.1 Å². The molecule has 0 heterocycles. The van der Waals surface area contributed by atoms with Crippen LogP contribution in [0.15, 0.2) is 54.6 Å². The Morgan fingerprint density at radius 1 is 0.875 bits per heavy atom. The molecule has 3 heteroatoms. The highest BCUT2D eigenvalue weighted by Gasteiger charge is 2.04. The van der Waals surface area contributed by atoms with Gasteiger partial charge in [-0.3, -0.25) is 0 Å². The molecular weight excluding hydrogens is 300 g/mol. The topological polar surface area (TPSA) is 57.5 Å². The Balaban J connectivity index is 0.000000648. The van der Waals surface area contributed by atoms with Gasteiger partial charge in [0, 0.05) is 0 Å². The second-order valence-corrected chi connectivity index (χ2v) is 6.30. The Labute approximate surface area is 145 Å². The number of benzene rings is 2. The standard InChI is InChI=1S/C20H26.CH2O3/c1-17(2)11-5-3-6-12-19-15-9-10-16-20(19)18-13-7-4-8-14-18;2-1(3)4/h4,7-10,13-17H,3,5-6,11-12H2,1-2H3;(H2,2,3,4). The number of hydrogen-bond acceptors (Lipinski definition) is 1. The van der Waals surface area contributed by atoms with Gasteiger partial charge in [-0.1, -0.05) is 87.7 Å². The first-order valence-electron chi connectivity index (χ1n) is 8.56. The SMILES string of the molecule is CC(C)CCCCCc1ccccc1-c1ccccc1.O=C(O)O. The predicted molar refractivity (Wildman–Crippen MR) is 99.5 cm³/mol. The molecule has 2 aromatic rings. The van der Waals surface area contributed by atoms with Crippen LogP contribution < -0.4 is 0 Å². The maximum Gasteiger partial charge on any atom is 0.503 e. The molecule has 0 atom stereocenters. The van der Waals surface area contributed by atoms with Crippen molar-refractivity contribution in [2.75, 3.05) is 0 Å². The van der Waals surface area contributed by atoms with Crippen LogP contribution in [-0.4, -0.2) is 16.4 Å². The van der Waals surface area contributed by atoms with Crippen molar-refractivity contribution in [3.05, 3.63) is 60.2 Å². The van der Waals surface area contributed by atoms with Gasteiger partial charge < -0.3 is 10.2 Å². The third-order valence-corrected chi connectivity index (χ3v) is 3.83. The number of carboxylic acid groups (broad SMARTS) is 2. The van der Waals surface area contributed by atoms with Crippen molar-refractivity contribution >= 4 is 6.16 Å². The first kappa shape index (κ1) is 19.8. The fourth-order valence-corrected chi connectivity index (χ4v) is 2.68. The van der Waals surface area contributed by atoms with E-state index in [1.165, 1.54) is 48.8 Å². The molecule has 0 fully saturated rings. The quantitative estimate of drug-likeness (QED) is 0.583. The second-order valence-electron chi connectivity index (χ2n) is 6.30. The van der Waals surface area contributed by atoms with Gasteiger partial charge in [0.05, 0.1) is 0 Å². The first-order chi connectivity index (χ1) is 11.5. The normalized spacial score (nSPS) is 10.1. The first-order valence-corrected chi connectivity index (χ1v) is 8.56. The minimum Gasteiger partial charge on any atom is -0.450 e. The van der Waals surface area contributed by atoms with E-state index >= 15 is 0 Å². The molecule has 0 saturated carbocycles. The highest BCUT2D eigenvalue weighted by atomic mass is 16.6. The molecular formula is C21H28O3. The van der Waals surface area contributed by atoms with E-state index in [-0.39, 0.29) is 0 Å². The van der Waals surface area contributed by atoms with Gasteiger partial charge in [0.25, 0.3) is 0 Å². The fourth-order valence-electron chi connectivity index (χ4n) is 2.68. The molecule has 0 saturated heterocycles. The summed E-state index contributed by atoms with van der Waals surface area (Å²) in [5.41, 5.74) is 4.23.